The van der Waals surface area contributed by atoms with Crippen LogP contribution < -0.4 is 20.1 Å². The lowest BCUT2D eigenvalue weighted by molar-refractivity contribution is -0.113. The van der Waals surface area contributed by atoms with E-state index in [1.165, 1.54) is 37.7 Å². The highest BCUT2D eigenvalue weighted by Gasteiger charge is 2.28. The van der Waals surface area contributed by atoms with E-state index in [1.54, 1.807) is 54.1 Å². The van der Waals surface area contributed by atoms with Gasteiger partial charge in [-0.1, -0.05) is 82.3 Å². The van der Waals surface area contributed by atoms with Crippen molar-refractivity contribution in [1.29, 1.82) is 0 Å². The Morgan fingerprint density at radius 3 is 1.42 bits per heavy atom. The number of pyridine rings is 2. The largest absolute Gasteiger partial charge is 0.497 e. The molecule has 4 aromatic carbocycles. The number of anilines is 2. The van der Waals surface area contributed by atoms with Crippen molar-refractivity contribution in [3.05, 3.63) is 175 Å². The predicted octanol–water partition coefficient (Wildman–Crippen LogP) is 11.4. The first-order valence-corrected chi connectivity index (χ1v) is 21.1. The van der Waals surface area contributed by atoms with Crippen molar-refractivity contribution in [2.24, 2.45) is 0 Å². The summed E-state index contributed by atoms with van der Waals surface area (Å²) >= 11 is 30.4. The number of nitrogens with zero attached hydrogens (tertiary/aromatic N) is 4. The predicted molar refractivity (Wildman–Crippen MR) is 252 cm³/mol. The minimum atomic E-state index is -0.845. The summed E-state index contributed by atoms with van der Waals surface area (Å²) in [5, 5.41) is 8.12. The smallest absolute Gasteiger partial charge is 0.296 e. The topological polar surface area (TPSA) is 146 Å². The average molecular weight is 957 g/mol. The Morgan fingerprint density at radius 2 is 0.969 bits per heavy atom. The van der Waals surface area contributed by atoms with E-state index in [4.69, 9.17) is 67.5 Å². The molecule has 0 radical (unpaired) electrons. The van der Waals surface area contributed by atoms with Crippen molar-refractivity contribution in [3.8, 4) is 11.5 Å². The van der Waals surface area contributed by atoms with Crippen LogP contribution in [0.3, 0.4) is 0 Å². The zero-order valence-corrected chi connectivity index (χ0v) is 37.9. The molecule has 0 aliphatic rings. The highest BCUT2D eigenvalue weighted by Crippen LogP contribution is 2.35. The van der Waals surface area contributed by atoms with Crippen LogP contribution >= 0.6 is 58.0 Å². The fourth-order valence-electron chi connectivity index (χ4n) is 6.99. The van der Waals surface area contributed by atoms with Crippen LogP contribution in [-0.2, 0) is 22.7 Å². The van der Waals surface area contributed by atoms with Gasteiger partial charge < -0.3 is 29.2 Å². The number of hydrogen-bond acceptors (Lipinski definition) is 8. The molecule has 0 bridgehead atoms. The number of amides is 2. The molecule has 8 rings (SSSR count). The second kappa shape index (κ2) is 20.0. The van der Waals surface area contributed by atoms with Crippen LogP contribution in [-0.4, -0.2) is 56.7 Å². The minimum absolute atomic E-state index is 0.0900. The number of aromatic nitrogens is 4. The fourth-order valence-corrected chi connectivity index (χ4v) is 7.92. The van der Waals surface area contributed by atoms with Crippen LogP contribution in [0.1, 0.15) is 37.5 Å². The molecule has 2 N–H and O–H groups in total. The first-order valence-electron chi connectivity index (χ1n) is 19.2. The molecule has 8 aromatic rings. The number of halogens is 5. The van der Waals surface area contributed by atoms with Crippen molar-refractivity contribution in [2.45, 2.75) is 20.0 Å². The van der Waals surface area contributed by atoms with E-state index in [9.17, 15) is 19.2 Å². The van der Waals surface area contributed by atoms with Gasteiger partial charge in [-0.15, -0.1) is 0 Å². The number of ether oxygens (including phenoxy) is 2. The summed E-state index contributed by atoms with van der Waals surface area (Å²) in [6.45, 7) is 2.72. The Balaban J connectivity index is 0.000000191. The number of ketones is 2. The second-order valence-corrected chi connectivity index (χ2v) is 16.1. The Kier molecular flexibility index (Phi) is 14.2. The molecule has 0 atom stereocenters. The number of benzene rings is 4. The summed E-state index contributed by atoms with van der Waals surface area (Å²) in [5.41, 5.74) is 5.29. The molecule has 0 unspecified atom stereocenters. The van der Waals surface area contributed by atoms with Gasteiger partial charge in [-0.2, -0.15) is 0 Å². The molecule has 0 aliphatic carbocycles. The van der Waals surface area contributed by atoms with Gasteiger partial charge in [0.05, 0.1) is 30.9 Å². The van der Waals surface area contributed by atoms with Crippen LogP contribution in [0, 0.1) is 6.92 Å². The molecule has 12 nitrogen and oxygen atoms in total. The van der Waals surface area contributed by atoms with Gasteiger partial charge in [0.15, 0.2) is 0 Å². The Labute approximate surface area is 391 Å². The fraction of sp³-hybridized carbons (Fsp3) is 0.106. The van der Waals surface area contributed by atoms with Crippen molar-refractivity contribution in [1.82, 2.24) is 19.1 Å². The summed E-state index contributed by atoms with van der Waals surface area (Å²) in [6.07, 6.45) is 2.88. The molecule has 64 heavy (non-hydrogen) atoms. The van der Waals surface area contributed by atoms with Gasteiger partial charge in [-0.05, 0) is 103 Å². The zero-order chi connectivity index (χ0) is 45.7. The van der Waals surface area contributed by atoms with E-state index < -0.39 is 23.4 Å². The Bertz CT molecular complexity index is 2870. The van der Waals surface area contributed by atoms with E-state index in [-0.39, 0.29) is 21.0 Å². The third kappa shape index (κ3) is 10.2. The first-order chi connectivity index (χ1) is 30.7. The molecule has 0 saturated carbocycles. The number of rotatable bonds is 12. The van der Waals surface area contributed by atoms with Gasteiger partial charge in [0.2, 0.25) is 0 Å². The number of methoxy groups -OCH3 is 2. The van der Waals surface area contributed by atoms with E-state index in [0.717, 1.165) is 16.6 Å². The normalized spacial score (nSPS) is 10.9. The molecule has 4 heterocycles. The Morgan fingerprint density at radius 1 is 0.547 bits per heavy atom. The third-order valence-electron chi connectivity index (χ3n) is 10.1. The van der Waals surface area contributed by atoms with Gasteiger partial charge in [0.25, 0.3) is 23.4 Å². The van der Waals surface area contributed by atoms with Crippen molar-refractivity contribution in [3.63, 3.8) is 0 Å². The van der Waals surface area contributed by atoms with Gasteiger partial charge >= 0.3 is 0 Å². The molecular formula is C47H35Cl5N6O6. The number of carbonyl (C=O) groups is 4. The molecule has 17 heteroatoms. The van der Waals surface area contributed by atoms with Crippen LogP contribution in [0.4, 0.5) is 11.4 Å². The van der Waals surface area contributed by atoms with Gasteiger partial charge in [-0.25, -0.2) is 9.97 Å². The number of fused-ring (bicyclic) bond motifs is 2. The minimum Gasteiger partial charge on any atom is -0.497 e. The molecular weight excluding hydrogens is 922 g/mol. The number of hydrogen-bond donors (Lipinski definition) is 2. The number of carbonyl (C=O) groups excluding carboxylic acids is 4. The van der Waals surface area contributed by atoms with E-state index in [2.05, 4.69) is 20.6 Å². The molecule has 0 fully saturated rings. The summed E-state index contributed by atoms with van der Waals surface area (Å²) in [4.78, 5) is 59.7. The van der Waals surface area contributed by atoms with E-state index in [0.29, 0.717) is 73.6 Å². The van der Waals surface area contributed by atoms with Gasteiger partial charge in [0.1, 0.15) is 27.0 Å². The SMILES string of the molecule is COc1ccc2c(c1)c(C(=O)C(=O)Nc1ccnc(Cl)c1)c(C)n2Cc1ccc(Cl)cc1.COc1ccc2c(c1)c(C(=O)C(=O)Nc1ccnc(Cl)c1)c(Cl)n2Cc1ccc(Cl)cc1. The molecule has 324 valence electrons. The maximum Gasteiger partial charge on any atom is 0.296 e. The monoisotopic (exact) mass is 954 g/mol. The molecule has 2 amide bonds. The third-order valence-corrected chi connectivity index (χ3v) is 11.4. The Hall–Kier alpha value is -6.41. The standard InChI is InChI=1S/C24H19Cl2N3O3.C23H16Cl3N3O3/c1-14-22(23(30)24(31)28-17-9-10-27-21(26)11-17)19-12-18(32-2)7-8-20(19)29(14)13-15-3-5-16(25)6-4-15;1-32-16-6-7-18-17(11-16)20(21(30)23(31)28-15-8-9-27-19(25)10-15)22(26)29(18)12-13-2-4-14(24)5-3-13/h3-12H,13H2,1-2H3,(H,27,28,31);2-11H,12H2,1H3,(H,27,28,31). The highest BCUT2D eigenvalue weighted by molar-refractivity contribution is 6.52. The lowest BCUT2D eigenvalue weighted by Crippen LogP contribution is -2.23. The maximum absolute atomic E-state index is 13.2. The van der Waals surface area contributed by atoms with Crippen LogP contribution in [0.2, 0.25) is 25.5 Å². The second-order valence-electron chi connectivity index (χ2n) is 14.1. The molecule has 0 saturated heterocycles. The molecule has 4 aromatic heterocycles. The summed E-state index contributed by atoms with van der Waals surface area (Å²) in [5.74, 6) is -1.91. The van der Waals surface area contributed by atoms with Gasteiger partial charge in [0, 0.05) is 68.9 Å². The van der Waals surface area contributed by atoms with Crippen LogP contribution in [0.15, 0.2) is 122 Å². The van der Waals surface area contributed by atoms with Gasteiger partial charge in [-0.3, -0.25) is 19.2 Å². The lowest BCUT2D eigenvalue weighted by atomic mass is 10.1. The number of nitrogens with one attached hydrogen (secondary N) is 2. The lowest BCUT2D eigenvalue weighted by Gasteiger charge is -2.09. The summed E-state index contributed by atoms with van der Waals surface area (Å²) in [6, 6.07) is 31.5. The first kappa shape index (κ1) is 45.6. The highest BCUT2D eigenvalue weighted by atomic mass is 35.5. The van der Waals surface area contributed by atoms with Crippen molar-refractivity contribution < 1.29 is 28.7 Å². The maximum atomic E-state index is 13.2. The molecule has 0 aliphatic heterocycles. The van der Waals surface area contributed by atoms with Crippen LogP contribution in [0.25, 0.3) is 21.8 Å². The summed E-state index contributed by atoms with van der Waals surface area (Å²) in [7, 11) is 3.08. The molecule has 0 spiro atoms. The quantitative estimate of drug-likeness (QED) is 0.0699. The number of Topliss-reactive ketones (excluding diaryl/α,β-unsaturated/α-hetero) is 2. The van der Waals surface area contributed by atoms with Crippen LogP contribution in [0.5, 0.6) is 11.5 Å². The van der Waals surface area contributed by atoms with Crippen molar-refractivity contribution >= 4 is 115 Å². The zero-order valence-electron chi connectivity index (χ0n) is 34.1. The van der Waals surface area contributed by atoms with Crippen molar-refractivity contribution in [2.75, 3.05) is 24.9 Å². The van der Waals surface area contributed by atoms with E-state index >= 15 is 0 Å². The summed E-state index contributed by atoms with van der Waals surface area (Å²) < 4.78 is 14.4. The van der Waals surface area contributed by atoms with E-state index in [1.807, 2.05) is 60.0 Å². The average Bonchev–Trinajstić information content (AvgIpc) is 3.71.